The molecule has 148 valence electrons. The van der Waals surface area contributed by atoms with Gasteiger partial charge in [-0.05, 0) is 32.8 Å². The second kappa shape index (κ2) is 11.1. The molecule has 1 aromatic heterocycles. The van der Waals surface area contributed by atoms with Crippen molar-refractivity contribution in [1.82, 2.24) is 25.4 Å². The molecular weight excluding hydrogens is 455 g/mol. The highest BCUT2D eigenvalue weighted by atomic mass is 127. The molecular formula is C19H29IN6O. The highest BCUT2D eigenvalue weighted by molar-refractivity contribution is 14.0. The number of aromatic nitrogens is 3. The summed E-state index contributed by atoms with van der Waals surface area (Å²) in [5.74, 6) is 3.73. The summed E-state index contributed by atoms with van der Waals surface area (Å²) in [6, 6.07) is 8.02. The molecule has 2 aromatic rings. The van der Waals surface area contributed by atoms with E-state index < -0.39 is 0 Å². The number of ether oxygens (including phenoxy) is 1. The minimum Gasteiger partial charge on any atom is -0.494 e. The quantitative estimate of drug-likeness (QED) is 0.359. The Morgan fingerprint density at radius 1 is 1.19 bits per heavy atom. The number of halogens is 1. The Balaban J connectivity index is 0.00000261. The first-order valence-electron chi connectivity index (χ1n) is 9.45. The lowest BCUT2D eigenvalue weighted by Gasteiger charge is -2.16. The normalized spacial score (nSPS) is 13.5. The molecule has 27 heavy (non-hydrogen) atoms. The van der Waals surface area contributed by atoms with Crippen LogP contribution in [0.3, 0.4) is 0 Å². The van der Waals surface area contributed by atoms with Gasteiger partial charge in [-0.1, -0.05) is 18.2 Å². The molecule has 0 atom stereocenters. The summed E-state index contributed by atoms with van der Waals surface area (Å²) in [6.07, 6.45) is 3.42. The van der Waals surface area contributed by atoms with Gasteiger partial charge in [0.05, 0.1) is 19.7 Å². The number of nitrogens with zero attached hydrogens (tertiary/aromatic N) is 4. The smallest absolute Gasteiger partial charge is 0.191 e. The summed E-state index contributed by atoms with van der Waals surface area (Å²) in [6.45, 7) is 7.69. The van der Waals surface area contributed by atoms with Gasteiger partial charge in [-0.2, -0.15) is 0 Å². The van der Waals surface area contributed by atoms with E-state index in [1.807, 2.05) is 31.2 Å². The monoisotopic (exact) mass is 484 g/mol. The van der Waals surface area contributed by atoms with Crippen LogP contribution >= 0.6 is 24.0 Å². The lowest BCUT2D eigenvalue weighted by Crippen LogP contribution is -2.37. The summed E-state index contributed by atoms with van der Waals surface area (Å²) in [5.41, 5.74) is 1.08. The van der Waals surface area contributed by atoms with Gasteiger partial charge in [-0.25, -0.2) is 4.99 Å². The zero-order valence-corrected chi connectivity index (χ0v) is 18.4. The standard InChI is InChI=1S/C19H28N6O.HI/c1-3-20-19(21-13-15-9-5-6-10-16(15)26-4-2)22-14-18-24-23-17-11-7-8-12-25(17)18;/h5-6,9-10H,3-4,7-8,11-14H2,1-2H3,(H2,20,21,22);1H. The first kappa shape index (κ1) is 21.5. The molecule has 0 saturated heterocycles. The maximum atomic E-state index is 5.68. The average Bonchev–Trinajstić information content (AvgIpc) is 3.08. The van der Waals surface area contributed by atoms with Gasteiger partial charge in [-0.15, -0.1) is 34.2 Å². The largest absolute Gasteiger partial charge is 0.494 e. The Kier molecular flexibility index (Phi) is 8.83. The minimum absolute atomic E-state index is 0. The first-order valence-corrected chi connectivity index (χ1v) is 9.45. The van der Waals surface area contributed by atoms with E-state index in [0.29, 0.717) is 19.7 Å². The molecule has 0 fully saturated rings. The average molecular weight is 484 g/mol. The van der Waals surface area contributed by atoms with Crippen molar-refractivity contribution in [3.05, 3.63) is 41.5 Å². The molecule has 3 rings (SSSR count). The molecule has 1 aromatic carbocycles. The van der Waals surface area contributed by atoms with Crippen molar-refractivity contribution in [2.75, 3.05) is 13.2 Å². The molecule has 8 heteroatoms. The van der Waals surface area contributed by atoms with Gasteiger partial charge in [-0.3, -0.25) is 0 Å². The van der Waals surface area contributed by atoms with Gasteiger partial charge in [0, 0.05) is 25.1 Å². The minimum atomic E-state index is 0. The second-order valence-electron chi connectivity index (χ2n) is 6.23. The van der Waals surface area contributed by atoms with Crippen molar-refractivity contribution in [3.63, 3.8) is 0 Å². The highest BCUT2D eigenvalue weighted by Gasteiger charge is 2.15. The Morgan fingerprint density at radius 2 is 2.04 bits per heavy atom. The number of nitrogens with one attached hydrogen (secondary N) is 2. The molecule has 0 unspecified atom stereocenters. The number of benzene rings is 1. The maximum absolute atomic E-state index is 5.68. The number of aryl methyl sites for hydroxylation is 1. The zero-order chi connectivity index (χ0) is 18.2. The molecule has 0 bridgehead atoms. The first-order chi connectivity index (χ1) is 12.8. The van der Waals surface area contributed by atoms with Gasteiger partial charge in [0.1, 0.15) is 11.6 Å². The molecule has 0 saturated carbocycles. The van der Waals surface area contributed by atoms with Crippen LogP contribution in [0.15, 0.2) is 29.3 Å². The number of guanidine groups is 1. The SMILES string of the molecule is CCNC(=NCc1ccccc1OCC)NCc1nnc2n1CCCC2.I. The molecule has 2 heterocycles. The number of hydrogen-bond donors (Lipinski definition) is 2. The topological polar surface area (TPSA) is 76.4 Å². The maximum Gasteiger partial charge on any atom is 0.191 e. The summed E-state index contributed by atoms with van der Waals surface area (Å²) in [4.78, 5) is 4.70. The van der Waals surface area contributed by atoms with Crippen LogP contribution in [0.25, 0.3) is 0 Å². The van der Waals surface area contributed by atoms with Gasteiger partial charge in [0.25, 0.3) is 0 Å². The van der Waals surface area contributed by atoms with Crippen LogP contribution in [0.4, 0.5) is 0 Å². The van der Waals surface area contributed by atoms with E-state index in [9.17, 15) is 0 Å². The fourth-order valence-electron chi connectivity index (χ4n) is 3.10. The number of rotatable bonds is 7. The lowest BCUT2D eigenvalue weighted by molar-refractivity contribution is 0.336. The van der Waals surface area contributed by atoms with Crippen LogP contribution in [0.5, 0.6) is 5.75 Å². The molecule has 2 N–H and O–H groups in total. The van der Waals surface area contributed by atoms with Crippen molar-refractivity contribution in [2.45, 2.75) is 52.7 Å². The van der Waals surface area contributed by atoms with Crippen LogP contribution in [-0.2, 0) is 26.1 Å². The number of fused-ring (bicyclic) bond motifs is 1. The van der Waals surface area contributed by atoms with E-state index in [2.05, 4.69) is 32.3 Å². The summed E-state index contributed by atoms with van der Waals surface area (Å²) >= 11 is 0. The third-order valence-electron chi connectivity index (χ3n) is 4.37. The molecule has 0 spiro atoms. The van der Waals surface area contributed by atoms with Crippen LogP contribution in [0.2, 0.25) is 0 Å². The predicted octanol–water partition coefficient (Wildman–Crippen LogP) is 2.89. The summed E-state index contributed by atoms with van der Waals surface area (Å²) in [7, 11) is 0. The molecule has 0 amide bonds. The van der Waals surface area contributed by atoms with Crippen LogP contribution in [-0.4, -0.2) is 33.9 Å². The number of aliphatic imine (C=N–C) groups is 1. The van der Waals surface area contributed by atoms with E-state index in [1.165, 1.54) is 12.8 Å². The molecule has 1 aliphatic rings. The van der Waals surface area contributed by atoms with Crippen LogP contribution in [0.1, 0.15) is 43.9 Å². The van der Waals surface area contributed by atoms with Crippen LogP contribution in [0, 0.1) is 0 Å². The van der Waals surface area contributed by atoms with Crippen LogP contribution < -0.4 is 15.4 Å². The number of hydrogen-bond acceptors (Lipinski definition) is 4. The molecule has 1 aliphatic heterocycles. The predicted molar refractivity (Wildman–Crippen MR) is 118 cm³/mol. The Morgan fingerprint density at radius 3 is 2.85 bits per heavy atom. The third-order valence-corrected chi connectivity index (χ3v) is 4.37. The van der Waals surface area contributed by atoms with E-state index in [1.54, 1.807) is 0 Å². The Hall–Kier alpha value is -1.84. The van der Waals surface area contributed by atoms with Crippen molar-refractivity contribution in [1.29, 1.82) is 0 Å². The van der Waals surface area contributed by atoms with Crippen molar-refractivity contribution in [3.8, 4) is 5.75 Å². The van der Waals surface area contributed by atoms with E-state index >= 15 is 0 Å². The van der Waals surface area contributed by atoms with Gasteiger partial charge >= 0.3 is 0 Å². The fraction of sp³-hybridized carbons (Fsp3) is 0.526. The molecule has 7 nitrogen and oxygen atoms in total. The van der Waals surface area contributed by atoms with Crippen molar-refractivity contribution < 1.29 is 4.74 Å². The van der Waals surface area contributed by atoms with E-state index in [0.717, 1.165) is 48.4 Å². The Bertz CT molecular complexity index is 746. The zero-order valence-electron chi connectivity index (χ0n) is 16.1. The van der Waals surface area contributed by atoms with Crippen molar-refractivity contribution in [2.24, 2.45) is 4.99 Å². The number of para-hydroxylation sites is 1. The van der Waals surface area contributed by atoms with Gasteiger partial charge in [0.2, 0.25) is 0 Å². The highest BCUT2D eigenvalue weighted by Crippen LogP contribution is 2.18. The van der Waals surface area contributed by atoms with Crippen molar-refractivity contribution >= 4 is 29.9 Å². The van der Waals surface area contributed by atoms with Gasteiger partial charge in [0.15, 0.2) is 11.8 Å². The van der Waals surface area contributed by atoms with E-state index in [-0.39, 0.29) is 24.0 Å². The molecule has 0 aliphatic carbocycles. The van der Waals surface area contributed by atoms with E-state index in [4.69, 9.17) is 9.73 Å². The second-order valence-corrected chi connectivity index (χ2v) is 6.23. The summed E-state index contributed by atoms with van der Waals surface area (Å²) in [5, 5.41) is 15.3. The summed E-state index contributed by atoms with van der Waals surface area (Å²) < 4.78 is 7.91. The molecule has 0 radical (unpaired) electrons. The Labute approximate surface area is 178 Å². The third kappa shape index (κ3) is 5.82. The van der Waals surface area contributed by atoms with Gasteiger partial charge < -0.3 is 19.9 Å². The lowest BCUT2D eigenvalue weighted by atomic mass is 10.2. The fourth-order valence-corrected chi connectivity index (χ4v) is 3.10.